The number of aromatic nitrogens is 4. The van der Waals surface area contributed by atoms with Crippen molar-refractivity contribution in [1.82, 2.24) is 24.9 Å². The Hall–Kier alpha value is -1.91. The van der Waals surface area contributed by atoms with Gasteiger partial charge in [-0.3, -0.25) is 14.2 Å². The summed E-state index contributed by atoms with van der Waals surface area (Å²) in [6.07, 6.45) is -3.59. The van der Waals surface area contributed by atoms with Gasteiger partial charge in [0.1, 0.15) is 17.9 Å². The highest BCUT2D eigenvalue weighted by Gasteiger charge is 2.22. The number of carbonyl (C=O) groups excluding carboxylic acids is 1. The lowest BCUT2D eigenvalue weighted by Crippen LogP contribution is -2.30. The average Bonchev–Trinajstić information content (AvgIpc) is 3.08. The van der Waals surface area contributed by atoms with E-state index < -0.39 is 36.7 Å². The van der Waals surface area contributed by atoms with Crippen LogP contribution >= 0.6 is 15.9 Å². The first-order valence-corrected chi connectivity index (χ1v) is 8.17. The summed E-state index contributed by atoms with van der Waals surface area (Å²) in [5.41, 5.74) is -0.637. The van der Waals surface area contributed by atoms with Crippen LogP contribution in [0.15, 0.2) is 16.7 Å². The molecule has 0 unspecified atom stereocenters. The third-order valence-corrected chi connectivity index (χ3v) is 4.12. The molecule has 0 saturated carbocycles. The van der Waals surface area contributed by atoms with E-state index in [-0.39, 0.29) is 0 Å². The first-order valence-electron chi connectivity index (χ1n) is 7.38. The quantitative estimate of drug-likeness (QED) is 0.521. The number of alkyl halides is 4. The first-order chi connectivity index (χ1) is 11.8. The Bertz CT molecular complexity index is 711. The van der Waals surface area contributed by atoms with Crippen LogP contribution in [0.1, 0.15) is 36.4 Å². The number of carbonyl (C=O) groups is 1. The van der Waals surface area contributed by atoms with Crippen molar-refractivity contribution in [2.45, 2.75) is 39.3 Å². The predicted octanol–water partition coefficient (Wildman–Crippen LogP) is 3.23. The lowest BCUT2D eigenvalue weighted by Gasteiger charge is -2.08. The SMILES string of the molecule is Cc1nn(CCCNC(=O)Cn2nc(C(F)F)cc2C(F)F)cc1Br. The molecule has 2 heterocycles. The third kappa shape index (κ3) is 5.28. The van der Waals surface area contributed by atoms with Gasteiger partial charge in [-0.15, -0.1) is 0 Å². The summed E-state index contributed by atoms with van der Waals surface area (Å²) >= 11 is 3.34. The van der Waals surface area contributed by atoms with Gasteiger partial charge in [-0.25, -0.2) is 17.6 Å². The van der Waals surface area contributed by atoms with Gasteiger partial charge in [-0.05, 0) is 35.3 Å². The number of aryl methyl sites for hydroxylation is 2. The zero-order valence-electron chi connectivity index (χ0n) is 13.2. The van der Waals surface area contributed by atoms with E-state index in [0.717, 1.165) is 10.2 Å². The van der Waals surface area contributed by atoms with Gasteiger partial charge in [0.15, 0.2) is 0 Å². The van der Waals surface area contributed by atoms with Gasteiger partial charge in [0.05, 0.1) is 10.2 Å². The number of nitrogens with one attached hydrogen (secondary N) is 1. The largest absolute Gasteiger partial charge is 0.354 e. The van der Waals surface area contributed by atoms with Crippen molar-refractivity contribution in [2.24, 2.45) is 0 Å². The molecule has 0 aromatic carbocycles. The smallest absolute Gasteiger partial charge is 0.282 e. The molecule has 1 amide bonds. The molecule has 0 saturated heterocycles. The van der Waals surface area contributed by atoms with E-state index in [1.807, 2.05) is 13.1 Å². The van der Waals surface area contributed by atoms with Crippen molar-refractivity contribution >= 4 is 21.8 Å². The molecule has 11 heteroatoms. The number of rotatable bonds is 8. The molecule has 0 spiro atoms. The summed E-state index contributed by atoms with van der Waals surface area (Å²) in [5.74, 6) is -0.580. The summed E-state index contributed by atoms with van der Waals surface area (Å²) in [4.78, 5) is 11.8. The van der Waals surface area contributed by atoms with Crippen LogP contribution in [0.5, 0.6) is 0 Å². The Morgan fingerprint density at radius 2 is 2.00 bits per heavy atom. The molecule has 0 bridgehead atoms. The van der Waals surface area contributed by atoms with Crippen LogP contribution in [0, 0.1) is 6.92 Å². The predicted molar refractivity (Wildman–Crippen MR) is 84.4 cm³/mol. The Morgan fingerprint density at radius 1 is 1.28 bits per heavy atom. The van der Waals surface area contributed by atoms with E-state index in [2.05, 4.69) is 31.4 Å². The van der Waals surface area contributed by atoms with E-state index in [9.17, 15) is 22.4 Å². The summed E-state index contributed by atoms with van der Waals surface area (Å²) in [6, 6.07) is 0.612. The summed E-state index contributed by atoms with van der Waals surface area (Å²) in [6.45, 7) is 2.16. The van der Waals surface area contributed by atoms with Crippen molar-refractivity contribution in [3.63, 3.8) is 0 Å². The highest BCUT2D eigenvalue weighted by molar-refractivity contribution is 9.10. The van der Waals surface area contributed by atoms with Gasteiger partial charge in [0.2, 0.25) is 5.91 Å². The molecule has 6 nitrogen and oxygen atoms in total. The number of amides is 1. The monoisotopic (exact) mass is 425 g/mol. The summed E-state index contributed by atoms with van der Waals surface area (Å²) in [7, 11) is 0. The molecular weight excluding hydrogens is 410 g/mol. The molecule has 0 atom stereocenters. The van der Waals surface area contributed by atoms with Crippen LogP contribution in [0.25, 0.3) is 0 Å². The van der Waals surface area contributed by atoms with Gasteiger partial charge in [-0.2, -0.15) is 10.2 Å². The highest BCUT2D eigenvalue weighted by atomic mass is 79.9. The van der Waals surface area contributed by atoms with Crippen LogP contribution in [-0.4, -0.2) is 32.0 Å². The zero-order chi connectivity index (χ0) is 18.6. The fourth-order valence-corrected chi connectivity index (χ4v) is 2.45. The highest BCUT2D eigenvalue weighted by Crippen LogP contribution is 2.24. The summed E-state index contributed by atoms with van der Waals surface area (Å²) < 4.78 is 54.0. The summed E-state index contributed by atoms with van der Waals surface area (Å²) in [5, 5.41) is 10.1. The minimum absolute atomic E-state index is 0.294. The van der Waals surface area contributed by atoms with Gasteiger partial charge in [-0.1, -0.05) is 0 Å². The number of hydrogen-bond acceptors (Lipinski definition) is 3. The fourth-order valence-electron chi connectivity index (χ4n) is 2.13. The first kappa shape index (κ1) is 19.4. The molecule has 2 aromatic heterocycles. The van der Waals surface area contributed by atoms with E-state index in [1.54, 1.807) is 4.68 Å². The van der Waals surface area contributed by atoms with Crippen LogP contribution < -0.4 is 5.32 Å². The lowest BCUT2D eigenvalue weighted by atomic mass is 10.3. The van der Waals surface area contributed by atoms with Crippen molar-refractivity contribution in [2.75, 3.05) is 6.54 Å². The molecule has 2 aromatic rings. The van der Waals surface area contributed by atoms with Crippen LogP contribution in [-0.2, 0) is 17.9 Å². The molecule has 0 fully saturated rings. The maximum absolute atomic E-state index is 12.8. The Labute approximate surface area is 149 Å². The molecule has 0 aliphatic carbocycles. The Balaban J connectivity index is 1.83. The van der Waals surface area contributed by atoms with Crippen LogP contribution in [0.4, 0.5) is 17.6 Å². The second-order valence-corrected chi connectivity index (χ2v) is 6.14. The van der Waals surface area contributed by atoms with Crippen molar-refractivity contribution < 1.29 is 22.4 Å². The van der Waals surface area contributed by atoms with E-state index in [0.29, 0.717) is 30.3 Å². The average molecular weight is 426 g/mol. The standard InChI is InChI=1S/C14H16BrF4N5O/c1-8-9(15)6-23(21-8)4-2-3-20-12(25)7-24-11(14(18)19)5-10(22-24)13(16)17/h5-6,13-14H,2-4,7H2,1H3,(H,20,25). The minimum atomic E-state index is -2.99. The molecule has 25 heavy (non-hydrogen) atoms. The fraction of sp³-hybridized carbons (Fsp3) is 0.500. The Morgan fingerprint density at radius 3 is 2.56 bits per heavy atom. The van der Waals surface area contributed by atoms with Crippen molar-refractivity contribution in [1.29, 1.82) is 0 Å². The molecule has 0 aliphatic heterocycles. The molecule has 138 valence electrons. The molecule has 2 rings (SSSR count). The van der Waals surface area contributed by atoms with Crippen LogP contribution in [0.2, 0.25) is 0 Å². The minimum Gasteiger partial charge on any atom is -0.354 e. The van der Waals surface area contributed by atoms with Gasteiger partial charge in [0.25, 0.3) is 12.9 Å². The second-order valence-electron chi connectivity index (χ2n) is 5.28. The lowest BCUT2D eigenvalue weighted by molar-refractivity contribution is -0.121. The maximum atomic E-state index is 12.8. The third-order valence-electron chi connectivity index (χ3n) is 3.34. The van der Waals surface area contributed by atoms with Gasteiger partial charge in [0, 0.05) is 19.3 Å². The second kappa shape index (κ2) is 8.45. The van der Waals surface area contributed by atoms with E-state index >= 15 is 0 Å². The van der Waals surface area contributed by atoms with E-state index in [4.69, 9.17) is 0 Å². The van der Waals surface area contributed by atoms with Crippen molar-refractivity contribution in [3.05, 3.63) is 33.8 Å². The zero-order valence-corrected chi connectivity index (χ0v) is 14.8. The molecule has 1 N–H and O–H groups in total. The van der Waals surface area contributed by atoms with Crippen LogP contribution in [0.3, 0.4) is 0 Å². The number of halogens is 5. The molecular formula is C14H16BrF4N5O. The topological polar surface area (TPSA) is 64.7 Å². The number of hydrogen-bond donors (Lipinski definition) is 1. The number of nitrogens with zero attached hydrogens (tertiary/aromatic N) is 4. The van der Waals surface area contributed by atoms with Gasteiger partial charge < -0.3 is 5.32 Å². The van der Waals surface area contributed by atoms with E-state index in [1.165, 1.54) is 0 Å². The van der Waals surface area contributed by atoms with Crippen molar-refractivity contribution in [3.8, 4) is 0 Å². The normalized spacial score (nSPS) is 11.5. The molecule has 0 radical (unpaired) electrons. The molecule has 0 aliphatic rings. The maximum Gasteiger partial charge on any atom is 0.282 e. The van der Waals surface area contributed by atoms with Gasteiger partial charge >= 0.3 is 0 Å². The Kier molecular flexibility index (Phi) is 6.57.